The molecule has 37 heavy (non-hydrogen) atoms. The van der Waals surface area contributed by atoms with E-state index in [0.29, 0.717) is 23.5 Å². The lowest BCUT2D eigenvalue weighted by atomic mass is 10.2. The Hall–Kier alpha value is -4.22. The Kier molecular flexibility index (Phi) is 9.76. The van der Waals surface area contributed by atoms with Crippen molar-refractivity contribution in [2.75, 3.05) is 20.3 Å². The summed E-state index contributed by atoms with van der Waals surface area (Å²) in [4.78, 5) is 24.5. The second-order valence-corrected chi connectivity index (χ2v) is 9.37. The molecule has 0 fully saturated rings. The number of carbonyl (C=O) groups is 2. The minimum atomic E-state index is -3.81. The quantitative estimate of drug-likeness (QED) is 0.161. The number of hydrogen-bond donors (Lipinski definition) is 2. The number of esters is 1. The molecule has 0 bridgehead atoms. The summed E-state index contributed by atoms with van der Waals surface area (Å²) >= 11 is 0. The first-order valence-electron chi connectivity index (χ1n) is 11.3. The summed E-state index contributed by atoms with van der Waals surface area (Å²) in [6.07, 6.45) is 2.22. The molecule has 0 aromatic heterocycles. The van der Waals surface area contributed by atoms with Gasteiger partial charge in [-0.25, -0.2) is 23.4 Å². The molecule has 3 aromatic carbocycles. The molecular formula is C26H27N3O7S. The first-order valence-corrected chi connectivity index (χ1v) is 12.8. The van der Waals surface area contributed by atoms with Gasteiger partial charge in [-0.3, -0.25) is 4.79 Å². The highest BCUT2D eigenvalue weighted by Gasteiger charge is 2.15. The van der Waals surface area contributed by atoms with Crippen molar-refractivity contribution in [2.45, 2.75) is 18.2 Å². The smallest absolute Gasteiger partial charge is 0.343 e. The van der Waals surface area contributed by atoms with Crippen LogP contribution in [0.4, 0.5) is 0 Å². The highest BCUT2D eigenvalue weighted by Crippen LogP contribution is 2.28. The number of hydrazone groups is 1. The maximum atomic E-state index is 12.5. The molecule has 0 radical (unpaired) electrons. The fraction of sp³-hybridized carbons (Fsp3) is 0.192. The highest BCUT2D eigenvalue weighted by atomic mass is 32.2. The van der Waals surface area contributed by atoms with E-state index in [4.69, 9.17) is 14.2 Å². The summed E-state index contributed by atoms with van der Waals surface area (Å²) < 4.78 is 42.8. The average molecular weight is 526 g/mol. The predicted octanol–water partition coefficient (Wildman–Crippen LogP) is 3.13. The van der Waals surface area contributed by atoms with Crippen LogP contribution in [0.15, 0.2) is 82.8 Å². The molecule has 10 nitrogen and oxygen atoms in total. The van der Waals surface area contributed by atoms with Crippen molar-refractivity contribution in [3.05, 3.63) is 83.9 Å². The van der Waals surface area contributed by atoms with Gasteiger partial charge in [-0.2, -0.15) is 5.10 Å². The van der Waals surface area contributed by atoms with E-state index in [1.807, 2.05) is 6.92 Å². The zero-order chi connectivity index (χ0) is 26.7. The van der Waals surface area contributed by atoms with Crippen molar-refractivity contribution in [1.29, 1.82) is 0 Å². The van der Waals surface area contributed by atoms with Gasteiger partial charge in [0.15, 0.2) is 11.5 Å². The van der Waals surface area contributed by atoms with Gasteiger partial charge in [0.05, 0.1) is 36.9 Å². The van der Waals surface area contributed by atoms with Crippen LogP contribution >= 0.6 is 0 Å². The first-order chi connectivity index (χ1) is 17.8. The molecule has 0 atom stereocenters. The van der Waals surface area contributed by atoms with Crippen LogP contribution in [-0.2, 0) is 14.8 Å². The largest absolute Gasteiger partial charge is 0.494 e. The molecule has 3 aromatic rings. The van der Waals surface area contributed by atoms with Crippen LogP contribution in [0.1, 0.15) is 29.3 Å². The molecule has 0 heterocycles. The van der Waals surface area contributed by atoms with Gasteiger partial charge in [-0.05, 0) is 66.6 Å². The lowest BCUT2D eigenvalue weighted by molar-refractivity contribution is -0.119. The number of sulfonamides is 1. The van der Waals surface area contributed by atoms with E-state index in [0.717, 1.165) is 6.42 Å². The maximum Gasteiger partial charge on any atom is 0.343 e. The van der Waals surface area contributed by atoms with Crippen LogP contribution in [0.2, 0.25) is 0 Å². The monoisotopic (exact) mass is 525 g/mol. The number of carbonyl (C=O) groups excluding carboxylic acids is 2. The molecular weight excluding hydrogens is 498 g/mol. The van der Waals surface area contributed by atoms with E-state index in [1.165, 1.54) is 31.5 Å². The molecule has 0 spiro atoms. The van der Waals surface area contributed by atoms with Gasteiger partial charge in [-0.15, -0.1) is 0 Å². The SMILES string of the molecule is CCCOc1ccc(C(=O)Oc2ccc(/C=N\NC(=O)CNS(=O)(=O)c3ccccc3)cc2OC)cc1. The van der Waals surface area contributed by atoms with Gasteiger partial charge >= 0.3 is 5.97 Å². The van der Waals surface area contributed by atoms with Gasteiger partial charge in [0.2, 0.25) is 10.0 Å². The molecule has 11 heteroatoms. The summed E-state index contributed by atoms with van der Waals surface area (Å²) in [5, 5.41) is 3.82. The standard InChI is InChI=1S/C26H27N3O7S/c1-3-15-35-21-12-10-20(11-13-21)26(31)36-23-14-9-19(16-24(23)34-2)17-27-29-25(30)18-28-37(32,33)22-7-5-4-6-8-22/h4-14,16-17,28H,3,15,18H2,1-2H3,(H,29,30)/b27-17-. The lowest BCUT2D eigenvalue weighted by Gasteiger charge is -2.10. The van der Waals surface area contributed by atoms with E-state index in [2.05, 4.69) is 15.2 Å². The third-order valence-electron chi connectivity index (χ3n) is 4.83. The Balaban J connectivity index is 1.55. The van der Waals surface area contributed by atoms with Gasteiger partial charge in [0, 0.05) is 0 Å². The van der Waals surface area contributed by atoms with Crippen LogP contribution in [0.5, 0.6) is 17.2 Å². The number of rotatable bonds is 12. The van der Waals surface area contributed by atoms with E-state index < -0.39 is 28.4 Å². The van der Waals surface area contributed by atoms with Crippen molar-refractivity contribution in [3.8, 4) is 17.2 Å². The molecule has 0 aliphatic heterocycles. The van der Waals surface area contributed by atoms with Gasteiger partial charge in [0.25, 0.3) is 5.91 Å². The van der Waals surface area contributed by atoms with E-state index in [1.54, 1.807) is 54.6 Å². The number of nitrogens with one attached hydrogen (secondary N) is 2. The Morgan fingerprint density at radius 1 is 0.973 bits per heavy atom. The third kappa shape index (κ3) is 8.16. The fourth-order valence-electron chi connectivity index (χ4n) is 2.98. The van der Waals surface area contributed by atoms with Crippen LogP contribution in [-0.4, -0.2) is 46.8 Å². The summed E-state index contributed by atoms with van der Waals surface area (Å²) in [7, 11) is -2.38. The van der Waals surface area contributed by atoms with Crippen molar-refractivity contribution in [1.82, 2.24) is 10.1 Å². The lowest BCUT2D eigenvalue weighted by Crippen LogP contribution is -2.34. The van der Waals surface area contributed by atoms with E-state index in [9.17, 15) is 18.0 Å². The normalized spacial score (nSPS) is 11.2. The fourth-order valence-corrected chi connectivity index (χ4v) is 3.98. The zero-order valence-corrected chi connectivity index (χ0v) is 21.2. The number of hydrogen-bond acceptors (Lipinski definition) is 8. The summed E-state index contributed by atoms with van der Waals surface area (Å²) in [6, 6.07) is 19.0. The van der Waals surface area contributed by atoms with Crippen molar-refractivity contribution >= 4 is 28.1 Å². The number of benzene rings is 3. The maximum absolute atomic E-state index is 12.5. The van der Waals surface area contributed by atoms with Crippen molar-refractivity contribution in [2.24, 2.45) is 5.10 Å². The second kappa shape index (κ2) is 13.2. The molecule has 0 aliphatic carbocycles. The zero-order valence-electron chi connectivity index (χ0n) is 20.3. The highest BCUT2D eigenvalue weighted by molar-refractivity contribution is 7.89. The third-order valence-corrected chi connectivity index (χ3v) is 6.25. The first kappa shape index (κ1) is 27.4. The Morgan fingerprint density at radius 2 is 1.70 bits per heavy atom. The molecule has 0 saturated heterocycles. The molecule has 2 N–H and O–H groups in total. The summed E-state index contributed by atoms with van der Waals surface area (Å²) in [5.74, 6) is -0.0656. The van der Waals surface area contributed by atoms with Gasteiger partial charge in [0.1, 0.15) is 5.75 Å². The predicted molar refractivity (Wildman–Crippen MR) is 138 cm³/mol. The molecule has 0 aliphatic rings. The van der Waals surface area contributed by atoms with Gasteiger partial charge in [-0.1, -0.05) is 25.1 Å². The molecule has 0 saturated carbocycles. The number of amides is 1. The summed E-state index contributed by atoms with van der Waals surface area (Å²) in [5.41, 5.74) is 3.14. The number of ether oxygens (including phenoxy) is 3. The van der Waals surface area contributed by atoms with E-state index in [-0.39, 0.29) is 16.4 Å². The van der Waals surface area contributed by atoms with E-state index >= 15 is 0 Å². The minimum Gasteiger partial charge on any atom is -0.494 e. The average Bonchev–Trinajstić information content (AvgIpc) is 2.92. The van der Waals surface area contributed by atoms with Crippen LogP contribution in [0.25, 0.3) is 0 Å². The second-order valence-electron chi connectivity index (χ2n) is 7.60. The molecule has 194 valence electrons. The van der Waals surface area contributed by atoms with Crippen LogP contribution in [0.3, 0.4) is 0 Å². The Morgan fingerprint density at radius 3 is 2.38 bits per heavy atom. The Labute approximate surface area is 215 Å². The van der Waals surface area contributed by atoms with Crippen molar-refractivity contribution in [3.63, 3.8) is 0 Å². The van der Waals surface area contributed by atoms with Crippen LogP contribution in [0, 0.1) is 0 Å². The van der Waals surface area contributed by atoms with Crippen LogP contribution < -0.4 is 24.4 Å². The molecule has 0 unspecified atom stereocenters. The molecule has 1 amide bonds. The minimum absolute atomic E-state index is 0.0530. The number of methoxy groups -OCH3 is 1. The number of nitrogens with zero attached hydrogens (tertiary/aromatic N) is 1. The summed E-state index contributed by atoms with van der Waals surface area (Å²) in [6.45, 7) is 2.11. The van der Waals surface area contributed by atoms with Crippen molar-refractivity contribution < 1.29 is 32.2 Å². The topological polar surface area (TPSA) is 132 Å². The van der Waals surface area contributed by atoms with Gasteiger partial charge < -0.3 is 14.2 Å². The molecule has 3 rings (SSSR count). The Bertz CT molecular complexity index is 1340.